The third-order valence-corrected chi connectivity index (χ3v) is 2.34. The fraction of sp³-hybridized carbons (Fsp3) is 0.250. The number of fused-ring (bicyclic) bond motifs is 1. The first-order chi connectivity index (χ1) is 5.83. The van der Waals surface area contributed by atoms with Crippen LogP contribution in [0, 0.1) is 0 Å². The first-order valence-corrected chi connectivity index (χ1v) is 4.02. The number of pyridine rings is 1. The molecule has 0 saturated heterocycles. The second-order valence-corrected chi connectivity index (χ2v) is 3.02. The molecule has 1 aromatic heterocycles. The molecule has 1 N–H and O–H groups in total. The minimum Gasteiger partial charge on any atom is -0.301 e. The fourth-order valence-corrected chi connectivity index (χ4v) is 1.62. The smallest absolute Gasteiger partial charge is 0.141 e. The van der Waals surface area contributed by atoms with Crippen LogP contribution in [0.4, 0.5) is 0 Å². The van der Waals surface area contributed by atoms with Crippen molar-refractivity contribution in [2.24, 2.45) is 0 Å². The lowest BCUT2D eigenvalue weighted by atomic mass is 10.1. The second-order valence-electron chi connectivity index (χ2n) is 2.66. The summed E-state index contributed by atoms with van der Waals surface area (Å²) in [6.07, 6.45) is 2.49. The summed E-state index contributed by atoms with van der Waals surface area (Å²) in [6, 6.07) is 1.61. The molecule has 1 unspecified atom stereocenters. The van der Waals surface area contributed by atoms with Crippen molar-refractivity contribution in [3.05, 3.63) is 28.5 Å². The SMILES string of the molecule is O=CC1NCc2c1ccnc2Cl. The number of carbonyl (C=O) groups is 1. The van der Waals surface area contributed by atoms with E-state index < -0.39 is 0 Å². The Morgan fingerprint density at radius 2 is 2.58 bits per heavy atom. The van der Waals surface area contributed by atoms with Gasteiger partial charge in [0.25, 0.3) is 0 Å². The number of halogens is 1. The molecule has 1 aromatic rings. The van der Waals surface area contributed by atoms with Crippen LogP contribution in [0.1, 0.15) is 17.2 Å². The van der Waals surface area contributed by atoms with Crippen molar-refractivity contribution >= 4 is 17.9 Å². The number of aromatic nitrogens is 1. The molecule has 0 fully saturated rings. The van der Waals surface area contributed by atoms with E-state index in [1.165, 1.54) is 0 Å². The number of aldehydes is 1. The number of carbonyl (C=O) groups excluding carboxylic acids is 1. The molecule has 1 aliphatic heterocycles. The van der Waals surface area contributed by atoms with E-state index in [1.807, 2.05) is 6.07 Å². The van der Waals surface area contributed by atoms with Crippen LogP contribution >= 0.6 is 11.6 Å². The second kappa shape index (κ2) is 2.84. The molecule has 62 valence electrons. The summed E-state index contributed by atoms with van der Waals surface area (Å²) in [4.78, 5) is 14.5. The summed E-state index contributed by atoms with van der Waals surface area (Å²) in [7, 11) is 0. The Balaban J connectivity index is 2.52. The minimum absolute atomic E-state index is 0.208. The number of nitrogens with zero attached hydrogens (tertiary/aromatic N) is 1. The van der Waals surface area contributed by atoms with E-state index in [2.05, 4.69) is 10.3 Å². The summed E-state index contributed by atoms with van der Waals surface area (Å²) in [6.45, 7) is 0.630. The standard InChI is InChI=1S/C8H7ClN2O/c9-8-6-3-11-7(4-12)5(6)1-2-10-8/h1-2,4,7,11H,3H2. The van der Waals surface area contributed by atoms with Gasteiger partial charge < -0.3 is 4.79 Å². The Hall–Kier alpha value is -0.930. The van der Waals surface area contributed by atoms with E-state index in [9.17, 15) is 4.79 Å². The Morgan fingerprint density at radius 1 is 1.75 bits per heavy atom. The first-order valence-electron chi connectivity index (χ1n) is 3.65. The van der Waals surface area contributed by atoms with Crippen molar-refractivity contribution in [1.82, 2.24) is 10.3 Å². The highest BCUT2D eigenvalue weighted by Gasteiger charge is 2.23. The van der Waals surface area contributed by atoms with Crippen molar-refractivity contribution in [3.63, 3.8) is 0 Å². The summed E-state index contributed by atoms with van der Waals surface area (Å²) in [5.41, 5.74) is 1.89. The van der Waals surface area contributed by atoms with Gasteiger partial charge in [0, 0.05) is 18.3 Å². The molecule has 2 rings (SSSR count). The van der Waals surface area contributed by atoms with Crippen molar-refractivity contribution in [2.45, 2.75) is 12.6 Å². The molecule has 0 amide bonds. The average molecular weight is 183 g/mol. The maximum Gasteiger partial charge on any atom is 0.141 e. The van der Waals surface area contributed by atoms with Gasteiger partial charge >= 0.3 is 0 Å². The molecule has 1 aliphatic rings. The summed E-state index contributed by atoms with van der Waals surface area (Å²) >= 11 is 5.82. The zero-order chi connectivity index (χ0) is 8.55. The Morgan fingerprint density at radius 3 is 3.33 bits per heavy atom. The molecule has 3 nitrogen and oxygen atoms in total. The average Bonchev–Trinajstić information content (AvgIpc) is 2.49. The van der Waals surface area contributed by atoms with Crippen molar-refractivity contribution in [1.29, 1.82) is 0 Å². The van der Waals surface area contributed by atoms with Gasteiger partial charge in [-0.05, 0) is 11.6 Å². The lowest BCUT2D eigenvalue weighted by molar-refractivity contribution is -0.109. The third kappa shape index (κ3) is 1.02. The van der Waals surface area contributed by atoms with Gasteiger partial charge in [0.15, 0.2) is 0 Å². The van der Waals surface area contributed by atoms with Gasteiger partial charge in [0.1, 0.15) is 11.4 Å². The maximum atomic E-state index is 10.6. The Bertz CT molecular complexity index is 327. The Kier molecular flexibility index (Phi) is 1.83. The molecular formula is C8H7ClN2O. The van der Waals surface area contributed by atoms with E-state index >= 15 is 0 Å². The molecule has 0 spiro atoms. The van der Waals surface area contributed by atoms with Crippen molar-refractivity contribution < 1.29 is 4.79 Å². The van der Waals surface area contributed by atoms with Gasteiger partial charge in [-0.3, -0.25) is 5.32 Å². The van der Waals surface area contributed by atoms with Crippen molar-refractivity contribution in [3.8, 4) is 0 Å². The molecule has 0 aromatic carbocycles. The van der Waals surface area contributed by atoms with Crippen LogP contribution in [0.25, 0.3) is 0 Å². The van der Waals surface area contributed by atoms with Crippen LogP contribution in [-0.2, 0) is 11.3 Å². The van der Waals surface area contributed by atoms with Crippen molar-refractivity contribution in [2.75, 3.05) is 0 Å². The molecule has 0 bridgehead atoms. The minimum atomic E-state index is -0.208. The topological polar surface area (TPSA) is 42.0 Å². The first kappa shape index (κ1) is 7.71. The lowest BCUT2D eigenvalue weighted by Gasteiger charge is -2.01. The molecule has 0 radical (unpaired) electrons. The predicted molar refractivity (Wildman–Crippen MR) is 44.9 cm³/mol. The molecule has 0 saturated carbocycles. The summed E-state index contributed by atoms with van der Waals surface area (Å²) in [5, 5.41) is 3.51. The quantitative estimate of drug-likeness (QED) is 0.522. The lowest BCUT2D eigenvalue weighted by Crippen LogP contribution is -2.12. The van der Waals surface area contributed by atoms with E-state index in [0.29, 0.717) is 11.7 Å². The van der Waals surface area contributed by atoms with Gasteiger partial charge in [0.2, 0.25) is 0 Å². The van der Waals surface area contributed by atoms with Gasteiger partial charge in [-0.15, -0.1) is 0 Å². The fourth-order valence-electron chi connectivity index (χ4n) is 1.39. The molecule has 4 heteroatoms. The van der Waals surface area contributed by atoms with Gasteiger partial charge in [0.05, 0.1) is 6.04 Å². The highest BCUT2D eigenvalue weighted by molar-refractivity contribution is 6.30. The monoisotopic (exact) mass is 182 g/mol. The predicted octanol–water partition coefficient (Wildman–Crippen LogP) is 1.08. The van der Waals surface area contributed by atoms with Gasteiger partial charge in [-0.2, -0.15) is 0 Å². The van der Waals surface area contributed by atoms with Crippen LogP contribution in [-0.4, -0.2) is 11.3 Å². The molecule has 12 heavy (non-hydrogen) atoms. The molecule has 1 atom stereocenters. The number of hydrogen-bond donors (Lipinski definition) is 1. The van der Waals surface area contributed by atoms with Crippen LogP contribution in [0.15, 0.2) is 12.3 Å². The zero-order valence-electron chi connectivity index (χ0n) is 6.25. The van der Waals surface area contributed by atoms with E-state index in [1.54, 1.807) is 6.20 Å². The Labute approximate surface area is 74.8 Å². The van der Waals surface area contributed by atoms with E-state index in [-0.39, 0.29) is 6.04 Å². The van der Waals surface area contributed by atoms with Crippen LogP contribution < -0.4 is 5.32 Å². The maximum absolute atomic E-state index is 10.6. The molecule has 2 heterocycles. The van der Waals surface area contributed by atoms with Gasteiger partial charge in [-0.1, -0.05) is 11.6 Å². The number of hydrogen-bond acceptors (Lipinski definition) is 3. The van der Waals surface area contributed by atoms with Crippen LogP contribution in [0.5, 0.6) is 0 Å². The largest absolute Gasteiger partial charge is 0.301 e. The third-order valence-electron chi connectivity index (χ3n) is 2.01. The molecular weight excluding hydrogens is 176 g/mol. The highest BCUT2D eigenvalue weighted by Crippen LogP contribution is 2.27. The highest BCUT2D eigenvalue weighted by atomic mass is 35.5. The normalized spacial score (nSPS) is 20.6. The number of nitrogens with one attached hydrogen (secondary N) is 1. The summed E-state index contributed by atoms with van der Waals surface area (Å²) < 4.78 is 0. The van der Waals surface area contributed by atoms with Crippen LogP contribution in [0.3, 0.4) is 0 Å². The summed E-state index contributed by atoms with van der Waals surface area (Å²) in [5.74, 6) is 0. The van der Waals surface area contributed by atoms with Crippen LogP contribution in [0.2, 0.25) is 5.15 Å². The zero-order valence-corrected chi connectivity index (χ0v) is 7.01. The van der Waals surface area contributed by atoms with E-state index in [0.717, 1.165) is 17.4 Å². The van der Waals surface area contributed by atoms with Gasteiger partial charge in [-0.25, -0.2) is 4.98 Å². The van der Waals surface area contributed by atoms with E-state index in [4.69, 9.17) is 11.6 Å². The number of rotatable bonds is 1. The molecule has 0 aliphatic carbocycles.